The van der Waals surface area contributed by atoms with Gasteiger partial charge >= 0.3 is 0 Å². The number of benzene rings is 1. The molecule has 0 radical (unpaired) electrons. The highest BCUT2D eigenvalue weighted by atomic mass is 79.9. The first-order valence-corrected chi connectivity index (χ1v) is 6.77. The second-order valence-corrected chi connectivity index (χ2v) is 5.28. The molecule has 0 bridgehead atoms. The van der Waals surface area contributed by atoms with Crippen molar-refractivity contribution in [3.8, 4) is 5.75 Å². The number of rotatable bonds is 6. The number of ether oxygens (including phenoxy) is 1. The Bertz CT molecular complexity index is 432. The third kappa shape index (κ3) is 3.71. The predicted molar refractivity (Wildman–Crippen MR) is 71.3 cm³/mol. The van der Waals surface area contributed by atoms with Gasteiger partial charge in [-0.1, -0.05) is 12.1 Å². The Kier molecular flexibility index (Phi) is 4.60. The van der Waals surface area contributed by atoms with Crippen LogP contribution in [0.1, 0.15) is 18.4 Å². The number of para-hydroxylation sites is 1. The van der Waals surface area contributed by atoms with Gasteiger partial charge in [-0.15, -0.1) is 0 Å². The molecule has 98 valence electrons. The number of amides is 1. The van der Waals surface area contributed by atoms with Crippen molar-refractivity contribution in [2.75, 3.05) is 13.2 Å². The summed E-state index contributed by atoms with van der Waals surface area (Å²) in [5.41, 5.74) is 0.666. The van der Waals surface area contributed by atoms with Crippen LogP contribution in [-0.2, 0) is 11.4 Å². The Morgan fingerprint density at radius 2 is 2.28 bits per heavy atom. The van der Waals surface area contributed by atoms with Crippen molar-refractivity contribution in [3.05, 3.63) is 28.2 Å². The summed E-state index contributed by atoms with van der Waals surface area (Å²) in [6.07, 6.45) is 2.42. The monoisotopic (exact) mass is 313 g/mol. The van der Waals surface area contributed by atoms with Gasteiger partial charge in [-0.05, 0) is 40.8 Å². The Hall–Kier alpha value is -1.07. The van der Waals surface area contributed by atoms with Crippen LogP contribution in [0.25, 0.3) is 0 Å². The third-order valence-electron chi connectivity index (χ3n) is 2.85. The number of aliphatic hydroxyl groups excluding tert-OH is 1. The summed E-state index contributed by atoms with van der Waals surface area (Å²) in [7, 11) is 0. The summed E-state index contributed by atoms with van der Waals surface area (Å²) < 4.78 is 6.19. The lowest BCUT2D eigenvalue weighted by Gasteiger charge is -2.11. The molecule has 1 amide bonds. The van der Waals surface area contributed by atoms with Crippen molar-refractivity contribution in [2.45, 2.75) is 19.4 Å². The number of nitrogens with one attached hydrogen (secondary N) is 1. The molecule has 1 aromatic rings. The molecule has 5 heteroatoms. The number of hydrogen-bond acceptors (Lipinski definition) is 3. The smallest absolute Gasteiger partial charge is 0.257 e. The summed E-state index contributed by atoms with van der Waals surface area (Å²) in [4.78, 5) is 11.5. The summed E-state index contributed by atoms with van der Waals surface area (Å²) in [5.74, 6) is 1.06. The van der Waals surface area contributed by atoms with E-state index in [4.69, 9.17) is 4.74 Å². The molecule has 2 rings (SSSR count). The Labute approximate surface area is 114 Å². The van der Waals surface area contributed by atoms with Gasteiger partial charge in [-0.3, -0.25) is 4.79 Å². The maximum Gasteiger partial charge on any atom is 0.257 e. The summed E-state index contributed by atoms with van der Waals surface area (Å²) in [6.45, 7) is 0.603. The molecule has 0 heterocycles. The normalized spacial score (nSPS) is 14.3. The van der Waals surface area contributed by atoms with E-state index < -0.39 is 0 Å². The zero-order valence-electron chi connectivity index (χ0n) is 9.99. The molecule has 1 aromatic carbocycles. The molecule has 1 aliphatic carbocycles. The van der Waals surface area contributed by atoms with Crippen LogP contribution in [0.2, 0.25) is 0 Å². The quantitative estimate of drug-likeness (QED) is 0.842. The molecule has 0 aromatic heterocycles. The number of halogens is 1. The van der Waals surface area contributed by atoms with E-state index in [0.29, 0.717) is 17.2 Å². The fourth-order valence-electron chi connectivity index (χ4n) is 1.61. The van der Waals surface area contributed by atoms with Crippen molar-refractivity contribution in [3.63, 3.8) is 0 Å². The largest absolute Gasteiger partial charge is 0.482 e. The lowest BCUT2D eigenvalue weighted by atomic mass is 10.2. The highest BCUT2D eigenvalue weighted by Gasteiger charge is 2.21. The van der Waals surface area contributed by atoms with Gasteiger partial charge < -0.3 is 15.2 Å². The second-order valence-electron chi connectivity index (χ2n) is 4.42. The molecule has 0 atom stereocenters. The van der Waals surface area contributed by atoms with Crippen LogP contribution in [0.15, 0.2) is 22.7 Å². The minimum atomic E-state index is -0.124. The van der Waals surface area contributed by atoms with Crippen molar-refractivity contribution in [2.24, 2.45) is 5.92 Å². The van der Waals surface area contributed by atoms with E-state index in [1.54, 1.807) is 6.07 Å². The van der Waals surface area contributed by atoms with Crippen molar-refractivity contribution in [1.29, 1.82) is 0 Å². The highest BCUT2D eigenvalue weighted by Crippen LogP contribution is 2.29. The molecule has 4 nitrogen and oxygen atoms in total. The molecular formula is C13H16BrNO3. The van der Waals surface area contributed by atoms with Gasteiger partial charge in [-0.2, -0.15) is 0 Å². The second kappa shape index (κ2) is 6.20. The molecular weight excluding hydrogens is 298 g/mol. The molecule has 0 spiro atoms. The first kappa shape index (κ1) is 13.4. The average molecular weight is 314 g/mol. The fraction of sp³-hybridized carbons (Fsp3) is 0.462. The van der Waals surface area contributed by atoms with Gasteiger partial charge in [0, 0.05) is 12.1 Å². The number of hydrogen-bond donors (Lipinski definition) is 2. The van der Waals surface area contributed by atoms with Gasteiger partial charge in [0.1, 0.15) is 5.75 Å². The molecule has 1 fully saturated rings. The zero-order valence-corrected chi connectivity index (χ0v) is 11.6. The maximum absolute atomic E-state index is 11.5. The van der Waals surface area contributed by atoms with Crippen LogP contribution in [0, 0.1) is 5.92 Å². The van der Waals surface area contributed by atoms with Gasteiger partial charge in [0.2, 0.25) is 0 Å². The van der Waals surface area contributed by atoms with E-state index in [1.807, 2.05) is 12.1 Å². The molecule has 1 saturated carbocycles. The van der Waals surface area contributed by atoms with Gasteiger partial charge in [0.15, 0.2) is 6.61 Å². The summed E-state index contributed by atoms with van der Waals surface area (Å²) in [5, 5.41) is 12.0. The Balaban J connectivity index is 1.86. The molecule has 18 heavy (non-hydrogen) atoms. The van der Waals surface area contributed by atoms with E-state index in [2.05, 4.69) is 21.2 Å². The van der Waals surface area contributed by atoms with Crippen LogP contribution in [0.3, 0.4) is 0 Å². The molecule has 1 aliphatic rings. The maximum atomic E-state index is 11.5. The minimum Gasteiger partial charge on any atom is -0.482 e. The number of carbonyl (C=O) groups excluding carboxylic acids is 1. The van der Waals surface area contributed by atoms with Gasteiger partial charge in [-0.25, -0.2) is 0 Å². The van der Waals surface area contributed by atoms with Gasteiger partial charge in [0.05, 0.1) is 11.1 Å². The lowest BCUT2D eigenvalue weighted by Crippen LogP contribution is -2.30. The van der Waals surface area contributed by atoms with Crippen LogP contribution in [-0.4, -0.2) is 24.2 Å². The average Bonchev–Trinajstić information content (AvgIpc) is 3.18. The SMILES string of the molecule is O=C(COc1c(Br)cccc1CO)NCC1CC1. The first-order chi connectivity index (χ1) is 8.70. The lowest BCUT2D eigenvalue weighted by molar-refractivity contribution is -0.123. The molecule has 0 saturated heterocycles. The Morgan fingerprint density at radius 1 is 1.50 bits per heavy atom. The van der Waals surface area contributed by atoms with E-state index >= 15 is 0 Å². The highest BCUT2D eigenvalue weighted by molar-refractivity contribution is 9.10. The zero-order chi connectivity index (χ0) is 13.0. The molecule has 2 N–H and O–H groups in total. The van der Waals surface area contributed by atoms with Crippen LogP contribution >= 0.6 is 15.9 Å². The minimum absolute atomic E-state index is 0.0255. The topological polar surface area (TPSA) is 58.6 Å². The summed E-state index contributed by atoms with van der Waals surface area (Å²) >= 11 is 3.34. The van der Waals surface area contributed by atoms with Crippen molar-refractivity contribution < 1.29 is 14.6 Å². The van der Waals surface area contributed by atoms with E-state index in [-0.39, 0.29) is 19.1 Å². The standard InChI is InChI=1S/C13H16BrNO3/c14-11-3-1-2-10(7-16)13(11)18-8-12(17)15-6-9-4-5-9/h1-3,9,16H,4-8H2,(H,15,17). The van der Waals surface area contributed by atoms with Crippen LogP contribution in [0.4, 0.5) is 0 Å². The van der Waals surface area contributed by atoms with Crippen molar-refractivity contribution in [1.82, 2.24) is 5.32 Å². The van der Waals surface area contributed by atoms with Crippen LogP contribution in [0.5, 0.6) is 5.75 Å². The van der Waals surface area contributed by atoms with Gasteiger partial charge in [0.25, 0.3) is 5.91 Å². The van der Waals surface area contributed by atoms with E-state index in [0.717, 1.165) is 11.0 Å². The number of aliphatic hydroxyl groups is 1. The summed E-state index contributed by atoms with van der Waals surface area (Å²) in [6, 6.07) is 5.40. The number of carbonyl (C=O) groups is 1. The van der Waals surface area contributed by atoms with E-state index in [9.17, 15) is 9.90 Å². The van der Waals surface area contributed by atoms with E-state index in [1.165, 1.54) is 12.8 Å². The third-order valence-corrected chi connectivity index (χ3v) is 3.48. The molecule has 0 aliphatic heterocycles. The fourth-order valence-corrected chi connectivity index (χ4v) is 2.13. The first-order valence-electron chi connectivity index (χ1n) is 5.98. The predicted octanol–water partition coefficient (Wildman–Crippen LogP) is 1.85. The van der Waals surface area contributed by atoms with Crippen LogP contribution < -0.4 is 10.1 Å². The molecule has 0 unspecified atom stereocenters. The Morgan fingerprint density at radius 3 is 2.94 bits per heavy atom. The van der Waals surface area contributed by atoms with Crippen molar-refractivity contribution >= 4 is 21.8 Å².